The number of carbonyl (C=O) groups is 1. The summed E-state index contributed by atoms with van der Waals surface area (Å²) >= 11 is 0. The molecule has 1 amide bonds. The molecule has 0 heterocycles. The molecule has 0 spiro atoms. The zero-order valence-corrected chi connectivity index (χ0v) is 7.73. The number of nitrogens with one attached hydrogen (secondary N) is 1. The highest BCUT2D eigenvalue weighted by atomic mass is 16.1. The molecular weight excluding hydrogens is 176 g/mol. The van der Waals surface area contributed by atoms with Gasteiger partial charge in [0.05, 0.1) is 0 Å². The van der Waals surface area contributed by atoms with Crippen molar-refractivity contribution in [3.8, 4) is 12.3 Å². The maximum Gasteiger partial charge on any atom is 0.295 e. The normalized spacial score (nSPS) is 11.4. The van der Waals surface area contributed by atoms with E-state index in [0.29, 0.717) is 6.54 Å². The predicted molar refractivity (Wildman–Crippen MR) is 55.2 cm³/mol. The zero-order valence-electron chi connectivity index (χ0n) is 7.73. The number of carbonyl (C=O) groups excluding carboxylic acids is 1. The van der Waals surface area contributed by atoms with Crippen molar-refractivity contribution in [2.75, 3.05) is 6.54 Å². The fourth-order valence-corrected chi connectivity index (χ4v) is 1.07. The topological polar surface area (TPSA) is 55.1 Å². The van der Waals surface area contributed by atoms with Crippen LogP contribution in [0.3, 0.4) is 0 Å². The molecule has 0 saturated heterocycles. The SMILES string of the molecule is C#CC(=O)NCC(N)c1ccccc1. The summed E-state index contributed by atoms with van der Waals surface area (Å²) in [5, 5.41) is 2.53. The third-order valence-electron chi connectivity index (χ3n) is 1.84. The Labute approximate surface area is 83.3 Å². The lowest BCUT2D eigenvalue weighted by Crippen LogP contribution is -2.30. The lowest BCUT2D eigenvalue weighted by Gasteiger charge is -2.11. The third kappa shape index (κ3) is 2.92. The average molecular weight is 188 g/mol. The van der Waals surface area contributed by atoms with Crippen molar-refractivity contribution in [1.82, 2.24) is 5.32 Å². The van der Waals surface area contributed by atoms with Crippen molar-refractivity contribution in [3.63, 3.8) is 0 Å². The molecule has 0 aliphatic rings. The second-order valence-corrected chi connectivity index (χ2v) is 2.87. The number of rotatable bonds is 3. The van der Waals surface area contributed by atoms with E-state index in [2.05, 4.69) is 5.32 Å². The molecule has 3 nitrogen and oxygen atoms in total. The first kappa shape index (κ1) is 10.3. The second kappa shape index (κ2) is 5.05. The molecule has 0 aliphatic heterocycles. The number of amides is 1. The van der Waals surface area contributed by atoms with E-state index in [1.807, 2.05) is 36.3 Å². The molecule has 3 heteroatoms. The van der Waals surface area contributed by atoms with Gasteiger partial charge in [-0.15, -0.1) is 6.42 Å². The van der Waals surface area contributed by atoms with Crippen molar-refractivity contribution in [2.24, 2.45) is 5.73 Å². The largest absolute Gasteiger partial charge is 0.343 e. The standard InChI is InChI=1S/C11H12N2O/c1-2-11(14)13-8-10(12)9-6-4-3-5-7-9/h1,3-7,10H,8,12H2,(H,13,14). The van der Waals surface area contributed by atoms with Gasteiger partial charge in [0.25, 0.3) is 5.91 Å². The molecule has 1 aromatic rings. The van der Waals surface area contributed by atoms with Gasteiger partial charge in [-0.1, -0.05) is 30.3 Å². The lowest BCUT2D eigenvalue weighted by molar-refractivity contribution is -0.115. The first-order chi connectivity index (χ1) is 6.74. The van der Waals surface area contributed by atoms with Crippen LogP contribution in [0.25, 0.3) is 0 Å². The number of terminal acetylenes is 1. The van der Waals surface area contributed by atoms with E-state index in [0.717, 1.165) is 5.56 Å². The first-order valence-electron chi connectivity index (χ1n) is 4.29. The molecule has 14 heavy (non-hydrogen) atoms. The number of hydrogen-bond acceptors (Lipinski definition) is 2. The molecule has 0 saturated carbocycles. The van der Waals surface area contributed by atoms with E-state index in [-0.39, 0.29) is 6.04 Å². The minimum absolute atomic E-state index is 0.214. The van der Waals surface area contributed by atoms with E-state index in [1.165, 1.54) is 0 Å². The van der Waals surface area contributed by atoms with E-state index in [1.54, 1.807) is 0 Å². The van der Waals surface area contributed by atoms with Crippen molar-refractivity contribution in [2.45, 2.75) is 6.04 Å². The smallest absolute Gasteiger partial charge is 0.295 e. The van der Waals surface area contributed by atoms with Gasteiger partial charge in [-0.25, -0.2) is 0 Å². The Bertz CT molecular complexity index is 340. The lowest BCUT2D eigenvalue weighted by atomic mass is 10.1. The highest BCUT2D eigenvalue weighted by Gasteiger charge is 2.05. The van der Waals surface area contributed by atoms with Crippen molar-refractivity contribution >= 4 is 5.91 Å². The molecule has 1 rings (SSSR count). The summed E-state index contributed by atoms with van der Waals surface area (Å²) in [7, 11) is 0. The van der Waals surface area contributed by atoms with Crippen LogP contribution in [0.2, 0.25) is 0 Å². The minimum atomic E-state index is -0.434. The van der Waals surface area contributed by atoms with Crippen LogP contribution in [0.4, 0.5) is 0 Å². The van der Waals surface area contributed by atoms with E-state index in [4.69, 9.17) is 12.2 Å². The van der Waals surface area contributed by atoms with E-state index < -0.39 is 5.91 Å². The molecular formula is C11H12N2O. The van der Waals surface area contributed by atoms with Crippen molar-refractivity contribution in [1.29, 1.82) is 0 Å². The Balaban J connectivity index is 2.48. The summed E-state index contributed by atoms with van der Waals surface area (Å²) in [4.78, 5) is 10.7. The average Bonchev–Trinajstić information content (AvgIpc) is 2.26. The van der Waals surface area contributed by atoms with Gasteiger partial charge >= 0.3 is 0 Å². The van der Waals surface area contributed by atoms with Crippen LogP contribution in [0.5, 0.6) is 0 Å². The van der Waals surface area contributed by atoms with E-state index in [9.17, 15) is 4.79 Å². The van der Waals surface area contributed by atoms with Crippen LogP contribution >= 0.6 is 0 Å². The molecule has 0 aliphatic carbocycles. The van der Waals surface area contributed by atoms with Crippen LogP contribution < -0.4 is 11.1 Å². The number of hydrogen-bond donors (Lipinski definition) is 2. The fourth-order valence-electron chi connectivity index (χ4n) is 1.07. The molecule has 3 N–H and O–H groups in total. The molecule has 0 radical (unpaired) electrons. The van der Waals surface area contributed by atoms with Gasteiger partial charge in [0.15, 0.2) is 0 Å². The van der Waals surface area contributed by atoms with Gasteiger partial charge in [0.2, 0.25) is 0 Å². The summed E-state index contributed by atoms with van der Waals surface area (Å²) < 4.78 is 0. The molecule has 0 fully saturated rings. The zero-order chi connectivity index (χ0) is 10.4. The van der Waals surface area contributed by atoms with Gasteiger partial charge in [-0.3, -0.25) is 4.79 Å². The highest BCUT2D eigenvalue weighted by Crippen LogP contribution is 2.07. The maximum atomic E-state index is 10.7. The van der Waals surface area contributed by atoms with Crippen LogP contribution in [-0.4, -0.2) is 12.5 Å². The molecule has 72 valence electrons. The molecule has 0 aromatic heterocycles. The van der Waals surface area contributed by atoms with Gasteiger partial charge in [-0.2, -0.15) is 0 Å². The van der Waals surface area contributed by atoms with Crippen molar-refractivity contribution in [3.05, 3.63) is 35.9 Å². The van der Waals surface area contributed by atoms with Crippen molar-refractivity contribution < 1.29 is 4.79 Å². The molecule has 1 aromatic carbocycles. The minimum Gasteiger partial charge on any atom is -0.343 e. The monoisotopic (exact) mass is 188 g/mol. The maximum absolute atomic E-state index is 10.7. The van der Waals surface area contributed by atoms with Crippen LogP contribution in [0.15, 0.2) is 30.3 Å². The summed E-state index contributed by atoms with van der Waals surface area (Å²) in [5.41, 5.74) is 6.79. The van der Waals surface area contributed by atoms with Gasteiger partial charge in [0, 0.05) is 12.6 Å². The number of nitrogens with two attached hydrogens (primary N) is 1. The van der Waals surface area contributed by atoms with Gasteiger partial charge in [-0.05, 0) is 11.5 Å². The van der Waals surface area contributed by atoms with Crippen LogP contribution in [0, 0.1) is 12.3 Å². The second-order valence-electron chi connectivity index (χ2n) is 2.87. The Morgan fingerprint density at radius 1 is 1.50 bits per heavy atom. The highest BCUT2D eigenvalue weighted by molar-refractivity contribution is 5.92. The summed E-state index contributed by atoms with van der Waals surface area (Å²) in [6, 6.07) is 9.32. The summed E-state index contributed by atoms with van der Waals surface area (Å²) in [6.07, 6.45) is 4.89. The summed E-state index contributed by atoms with van der Waals surface area (Å²) in [5.74, 6) is 1.53. The molecule has 1 atom stereocenters. The van der Waals surface area contributed by atoms with Crippen LogP contribution in [0.1, 0.15) is 11.6 Å². The summed E-state index contributed by atoms with van der Waals surface area (Å²) in [6.45, 7) is 0.354. The number of benzene rings is 1. The van der Waals surface area contributed by atoms with Crippen LogP contribution in [-0.2, 0) is 4.79 Å². The Morgan fingerprint density at radius 3 is 2.71 bits per heavy atom. The molecule has 1 unspecified atom stereocenters. The molecule has 0 bridgehead atoms. The first-order valence-corrected chi connectivity index (χ1v) is 4.29. The Morgan fingerprint density at radius 2 is 2.14 bits per heavy atom. The predicted octanol–water partition coefficient (Wildman–Crippen LogP) is 0.436. The Hall–Kier alpha value is -1.79. The van der Waals surface area contributed by atoms with Gasteiger partial charge in [0.1, 0.15) is 0 Å². The fraction of sp³-hybridized carbons (Fsp3) is 0.182. The van der Waals surface area contributed by atoms with Gasteiger partial charge < -0.3 is 11.1 Å². The quantitative estimate of drug-likeness (QED) is 0.676. The third-order valence-corrected chi connectivity index (χ3v) is 1.84. The Kier molecular flexibility index (Phi) is 3.71. The van der Waals surface area contributed by atoms with E-state index >= 15 is 0 Å².